The van der Waals surface area contributed by atoms with Crippen molar-refractivity contribution in [3.05, 3.63) is 40.8 Å². The van der Waals surface area contributed by atoms with Gasteiger partial charge in [0.2, 0.25) is 0 Å². The van der Waals surface area contributed by atoms with Gasteiger partial charge in [-0.3, -0.25) is 0 Å². The van der Waals surface area contributed by atoms with Gasteiger partial charge in [0.25, 0.3) is 0 Å². The minimum atomic E-state index is -1.23. The Bertz CT molecular complexity index is 630. The van der Waals surface area contributed by atoms with E-state index in [1.54, 1.807) is 6.07 Å². The Hall–Kier alpha value is -1.76. The number of nitrogens with one attached hydrogen (secondary N) is 1. The van der Waals surface area contributed by atoms with E-state index < -0.39 is 6.23 Å². The summed E-state index contributed by atoms with van der Waals surface area (Å²) in [5, 5.41) is 20.3. The van der Waals surface area contributed by atoms with Gasteiger partial charge in [-0.15, -0.1) is 10.2 Å². The highest BCUT2D eigenvalue weighted by atomic mass is 35.5. The molecule has 1 saturated carbocycles. The van der Waals surface area contributed by atoms with Crippen LogP contribution in [-0.4, -0.2) is 20.3 Å². The lowest BCUT2D eigenvalue weighted by Crippen LogP contribution is -2.14. The van der Waals surface area contributed by atoms with E-state index in [0.717, 1.165) is 5.69 Å². The third kappa shape index (κ3) is 2.87. The van der Waals surface area contributed by atoms with Gasteiger partial charge in [0, 0.05) is 17.7 Å². The van der Waals surface area contributed by atoms with Crippen molar-refractivity contribution < 1.29 is 5.11 Å². The van der Waals surface area contributed by atoms with Crippen molar-refractivity contribution in [2.45, 2.75) is 25.0 Å². The highest BCUT2D eigenvalue weighted by molar-refractivity contribution is 6.29. The molecular formula is C13H14ClN5O. The summed E-state index contributed by atoms with van der Waals surface area (Å²) in [5.74, 6) is 1.23. The summed E-state index contributed by atoms with van der Waals surface area (Å²) < 4.78 is 0. The normalized spacial score (nSPS) is 15.9. The lowest BCUT2D eigenvalue weighted by Gasteiger charge is -2.12. The summed E-state index contributed by atoms with van der Waals surface area (Å²) in [6, 6.07) is 7.36. The number of hydrogen-bond acceptors (Lipinski definition) is 6. The van der Waals surface area contributed by atoms with Crippen LogP contribution in [0.4, 0.5) is 11.5 Å². The Morgan fingerprint density at radius 3 is 2.85 bits per heavy atom. The molecule has 6 nitrogen and oxygen atoms in total. The van der Waals surface area contributed by atoms with Crippen LogP contribution in [0.2, 0.25) is 5.15 Å². The Balaban J connectivity index is 1.90. The van der Waals surface area contributed by atoms with Crippen LogP contribution in [-0.2, 0) is 0 Å². The molecule has 2 aromatic heterocycles. The number of nitrogens with zero attached hydrogens (tertiary/aromatic N) is 3. The molecular weight excluding hydrogens is 278 g/mol. The van der Waals surface area contributed by atoms with Crippen LogP contribution in [0.25, 0.3) is 0 Å². The fourth-order valence-electron chi connectivity index (χ4n) is 1.96. The average molecular weight is 292 g/mol. The maximum absolute atomic E-state index is 9.50. The number of hydrogen-bond donors (Lipinski definition) is 3. The SMILES string of the molecule is NC(O)c1nnc(Cl)cc1Nc1cccc(C2CC2)n1. The molecule has 0 aliphatic heterocycles. The molecule has 0 saturated heterocycles. The van der Waals surface area contributed by atoms with E-state index in [0.29, 0.717) is 17.4 Å². The van der Waals surface area contributed by atoms with Crippen LogP contribution < -0.4 is 11.1 Å². The minimum absolute atomic E-state index is 0.218. The van der Waals surface area contributed by atoms with Crippen LogP contribution in [0.3, 0.4) is 0 Å². The first-order valence-electron chi connectivity index (χ1n) is 6.34. The predicted molar refractivity (Wildman–Crippen MR) is 75.7 cm³/mol. The van der Waals surface area contributed by atoms with Gasteiger partial charge in [0.1, 0.15) is 17.7 Å². The van der Waals surface area contributed by atoms with Gasteiger partial charge in [0.05, 0.1) is 5.69 Å². The molecule has 4 N–H and O–H groups in total. The smallest absolute Gasteiger partial charge is 0.153 e. The molecule has 3 rings (SSSR count). The van der Waals surface area contributed by atoms with Crippen molar-refractivity contribution in [1.29, 1.82) is 0 Å². The largest absolute Gasteiger partial charge is 0.373 e. The fraction of sp³-hybridized carbons (Fsp3) is 0.308. The zero-order chi connectivity index (χ0) is 14.1. The van der Waals surface area contributed by atoms with Crippen molar-refractivity contribution in [2.24, 2.45) is 5.73 Å². The molecule has 0 bridgehead atoms. The van der Waals surface area contributed by atoms with Gasteiger partial charge in [-0.25, -0.2) is 4.98 Å². The van der Waals surface area contributed by atoms with E-state index >= 15 is 0 Å². The second kappa shape index (κ2) is 5.32. The molecule has 1 unspecified atom stereocenters. The number of pyridine rings is 1. The van der Waals surface area contributed by atoms with E-state index in [-0.39, 0.29) is 10.8 Å². The number of aromatic nitrogens is 3. The van der Waals surface area contributed by atoms with Gasteiger partial charge < -0.3 is 16.2 Å². The number of aliphatic hydroxyl groups is 1. The summed E-state index contributed by atoms with van der Waals surface area (Å²) in [6.45, 7) is 0. The molecule has 1 fully saturated rings. The van der Waals surface area contributed by atoms with Gasteiger partial charge in [-0.05, 0) is 25.0 Å². The first-order valence-corrected chi connectivity index (χ1v) is 6.72. The number of anilines is 2. The standard InChI is InChI=1S/C13H14ClN5O/c14-10-6-9(12(13(15)20)19-18-10)17-11-3-1-2-8(16-11)7-4-5-7/h1-3,6-7,13,20H,4-5,15H2,(H,16,17,18). The monoisotopic (exact) mass is 291 g/mol. The van der Waals surface area contributed by atoms with Crippen molar-refractivity contribution in [3.63, 3.8) is 0 Å². The second-order valence-corrected chi connectivity index (χ2v) is 5.15. The summed E-state index contributed by atoms with van der Waals surface area (Å²) in [6.07, 6.45) is 1.14. The maximum atomic E-state index is 9.50. The molecule has 0 amide bonds. The van der Waals surface area contributed by atoms with E-state index in [9.17, 15) is 5.11 Å². The molecule has 104 valence electrons. The maximum Gasteiger partial charge on any atom is 0.153 e. The van der Waals surface area contributed by atoms with Gasteiger partial charge in [0.15, 0.2) is 5.15 Å². The first-order chi connectivity index (χ1) is 9.63. The Labute approximate surface area is 121 Å². The quantitative estimate of drug-likeness (QED) is 0.746. The van der Waals surface area contributed by atoms with Crippen LogP contribution in [0, 0.1) is 0 Å². The van der Waals surface area contributed by atoms with Gasteiger partial charge in [-0.1, -0.05) is 17.7 Å². The summed E-state index contributed by atoms with van der Waals surface area (Å²) in [5.41, 5.74) is 7.25. The molecule has 0 radical (unpaired) electrons. The van der Waals surface area contributed by atoms with Crippen molar-refractivity contribution in [2.75, 3.05) is 5.32 Å². The molecule has 1 aliphatic carbocycles. The lowest BCUT2D eigenvalue weighted by molar-refractivity contribution is 0.181. The van der Waals surface area contributed by atoms with E-state index in [4.69, 9.17) is 17.3 Å². The van der Waals surface area contributed by atoms with Crippen LogP contribution in [0.15, 0.2) is 24.3 Å². The predicted octanol–water partition coefficient (Wildman–Crippen LogP) is 2.10. The number of rotatable bonds is 4. The zero-order valence-electron chi connectivity index (χ0n) is 10.6. The molecule has 0 spiro atoms. The fourth-order valence-corrected chi connectivity index (χ4v) is 2.11. The lowest BCUT2D eigenvalue weighted by atomic mass is 10.2. The molecule has 2 heterocycles. The Morgan fingerprint density at radius 1 is 1.35 bits per heavy atom. The highest BCUT2D eigenvalue weighted by Gasteiger charge is 2.25. The van der Waals surface area contributed by atoms with E-state index in [1.807, 2.05) is 18.2 Å². The number of aliphatic hydroxyl groups excluding tert-OH is 1. The van der Waals surface area contributed by atoms with Crippen LogP contribution >= 0.6 is 11.6 Å². The molecule has 20 heavy (non-hydrogen) atoms. The first kappa shape index (κ1) is 13.2. The molecule has 0 aromatic carbocycles. The molecule has 7 heteroatoms. The topological polar surface area (TPSA) is 97.0 Å². The van der Waals surface area contributed by atoms with Gasteiger partial charge in [-0.2, -0.15) is 0 Å². The highest BCUT2D eigenvalue weighted by Crippen LogP contribution is 2.39. The Kier molecular flexibility index (Phi) is 3.52. The van der Waals surface area contributed by atoms with E-state index in [1.165, 1.54) is 12.8 Å². The average Bonchev–Trinajstić information content (AvgIpc) is 3.23. The third-order valence-corrected chi connectivity index (χ3v) is 3.29. The second-order valence-electron chi connectivity index (χ2n) is 4.76. The molecule has 1 aliphatic rings. The minimum Gasteiger partial charge on any atom is -0.373 e. The summed E-state index contributed by atoms with van der Waals surface area (Å²) in [4.78, 5) is 4.54. The van der Waals surface area contributed by atoms with Crippen molar-refractivity contribution in [1.82, 2.24) is 15.2 Å². The number of halogens is 1. The Morgan fingerprint density at radius 2 is 2.15 bits per heavy atom. The van der Waals surface area contributed by atoms with E-state index in [2.05, 4.69) is 20.5 Å². The molecule has 1 atom stereocenters. The summed E-state index contributed by atoms with van der Waals surface area (Å²) >= 11 is 5.82. The van der Waals surface area contributed by atoms with Crippen molar-refractivity contribution >= 4 is 23.1 Å². The molecule has 2 aromatic rings. The van der Waals surface area contributed by atoms with Crippen LogP contribution in [0.1, 0.15) is 36.4 Å². The van der Waals surface area contributed by atoms with Gasteiger partial charge >= 0.3 is 0 Å². The van der Waals surface area contributed by atoms with Crippen LogP contribution in [0.5, 0.6) is 0 Å². The van der Waals surface area contributed by atoms with Crippen molar-refractivity contribution in [3.8, 4) is 0 Å². The summed E-state index contributed by atoms with van der Waals surface area (Å²) in [7, 11) is 0. The number of nitrogens with two attached hydrogens (primary N) is 1. The third-order valence-electron chi connectivity index (χ3n) is 3.10. The zero-order valence-corrected chi connectivity index (χ0v) is 11.4.